The topological polar surface area (TPSA) is 59.6 Å². The van der Waals surface area contributed by atoms with Gasteiger partial charge in [0, 0.05) is 30.8 Å². The number of nitrogens with one attached hydrogen (secondary N) is 2. The van der Waals surface area contributed by atoms with E-state index in [0.717, 1.165) is 23.5 Å². The van der Waals surface area contributed by atoms with Crippen molar-refractivity contribution in [3.8, 4) is 5.75 Å². The SMILES string of the molecule is Cc1cccc(COc2cccc(NC(=O)CC3COCCN3)c2)c1.Cl. The Bertz CT molecular complexity index is 718. The lowest BCUT2D eigenvalue weighted by Gasteiger charge is -2.23. The monoisotopic (exact) mass is 376 g/mol. The first-order valence-electron chi connectivity index (χ1n) is 8.58. The molecule has 2 N–H and O–H groups in total. The fourth-order valence-electron chi connectivity index (χ4n) is 2.82. The number of hydrogen-bond donors (Lipinski definition) is 2. The molecule has 1 unspecified atom stereocenters. The number of halogens is 1. The summed E-state index contributed by atoms with van der Waals surface area (Å²) in [7, 11) is 0. The number of carbonyl (C=O) groups excluding carboxylic acids is 1. The second kappa shape index (κ2) is 10.2. The van der Waals surface area contributed by atoms with Crippen LogP contribution in [0.5, 0.6) is 5.75 Å². The number of amides is 1. The van der Waals surface area contributed by atoms with Crippen LogP contribution >= 0.6 is 12.4 Å². The lowest BCUT2D eigenvalue weighted by Crippen LogP contribution is -2.43. The molecule has 1 fully saturated rings. The zero-order valence-electron chi connectivity index (χ0n) is 14.9. The van der Waals surface area contributed by atoms with Crippen LogP contribution < -0.4 is 15.4 Å². The molecule has 0 aromatic heterocycles. The van der Waals surface area contributed by atoms with E-state index in [0.29, 0.717) is 26.2 Å². The van der Waals surface area contributed by atoms with Crippen LogP contribution in [0.25, 0.3) is 0 Å². The summed E-state index contributed by atoms with van der Waals surface area (Å²) in [6, 6.07) is 15.8. The Kier molecular flexibility index (Phi) is 7.91. The van der Waals surface area contributed by atoms with Crippen molar-refractivity contribution >= 4 is 24.0 Å². The van der Waals surface area contributed by atoms with Crippen molar-refractivity contribution in [2.24, 2.45) is 0 Å². The summed E-state index contributed by atoms with van der Waals surface area (Å²) in [4.78, 5) is 12.2. The highest BCUT2D eigenvalue weighted by Crippen LogP contribution is 2.19. The number of morpholine rings is 1. The van der Waals surface area contributed by atoms with Crippen molar-refractivity contribution < 1.29 is 14.3 Å². The summed E-state index contributed by atoms with van der Waals surface area (Å²) in [5.41, 5.74) is 3.07. The minimum Gasteiger partial charge on any atom is -0.489 e. The number of anilines is 1. The van der Waals surface area contributed by atoms with Gasteiger partial charge in [0.15, 0.2) is 0 Å². The van der Waals surface area contributed by atoms with Crippen LogP contribution in [0.2, 0.25) is 0 Å². The van der Waals surface area contributed by atoms with Crippen LogP contribution in [0.3, 0.4) is 0 Å². The van der Waals surface area contributed by atoms with E-state index in [2.05, 4.69) is 29.7 Å². The Morgan fingerprint density at radius 3 is 2.88 bits per heavy atom. The molecule has 0 aliphatic carbocycles. The quantitative estimate of drug-likeness (QED) is 0.812. The second-order valence-corrected chi connectivity index (χ2v) is 6.28. The van der Waals surface area contributed by atoms with Gasteiger partial charge in [0.1, 0.15) is 12.4 Å². The van der Waals surface area contributed by atoms with Crippen LogP contribution in [0, 0.1) is 6.92 Å². The molecular formula is C20H25ClN2O3. The van der Waals surface area contributed by atoms with Crippen molar-refractivity contribution in [2.75, 3.05) is 25.1 Å². The maximum Gasteiger partial charge on any atom is 0.226 e. The predicted molar refractivity (Wildman–Crippen MR) is 105 cm³/mol. The molecule has 140 valence electrons. The van der Waals surface area contributed by atoms with Gasteiger partial charge in [-0.15, -0.1) is 12.4 Å². The smallest absolute Gasteiger partial charge is 0.226 e. The van der Waals surface area contributed by atoms with Gasteiger partial charge in [0.2, 0.25) is 5.91 Å². The third-order valence-corrected chi connectivity index (χ3v) is 4.04. The van der Waals surface area contributed by atoms with E-state index >= 15 is 0 Å². The van der Waals surface area contributed by atoms with Gasteiger partial charge >= 0.3 is 0 Å². The molecule has 1 saturated heterocycles. The zero-order chi connectivity index (χ0) is 17.5. The fourth-order valence-corrected chi connectivity index (χ4v) is 2.82. The average molecular weight is 377 g/mol. The minimum absolute atomic E-state index is 0. The van der Waals surface area contributed by atoms with E-state index in [9.17, 15) is 4.79 Å². The van der Waals surface area contributed by atoms with Gasteiger partial charge in [-0.3, -0.25) is 4.79 Å². The highest BCUT2D eigenvalue weighted by molar-refractivity contribution is 5.91. The number of benzene rings is 2. The van der Waals surface area contributed by atoms with Crippen molar-refractivity contribution in [1.82, 2.24) is 5.32 Å². The summed E-state index contributed by atoms with van der Waals surface area (Å²) in [5, 5.41) is 6.20. The highest BCUT2D eigenvalue weighted by Gasteiger charge is 2.16. The molecule has 2 aromatic carbocycles. The van der Waals surface area contributed by atoms with Crippen LogP contribution in [0.4, 0.5) is 5.69 Å². The Morgan fingerprint density at radius 1 is 1.27 bits per heavy atom. The van der Waals surface area contributed by atoms with Crippen molar-refractivity contribution in [1.29, 1.82) is 0 Å². The predicted octanol–water partition coefficient (Wildman–Crippen LogP) is 3.31. The first-order chi connectivity index (χ1) is 12.2. The standard InChI is InChI=1S/C20H24N2O3.ClH/c1-15-4-2-5-16(10-15)13-25-19-7-3-6-17(11-19)22-20(23)12-18-14-24-9-8-21-18;/h2-7,10-11,18,21H,8-9,12-14H2,1H3,(H,22,23);1H. The van der Waals surface area contributed by atoms with E-state index < -0.39 is 0 Å². The molecule has 1 heterocycles. The molecule has 6 heteroatoms. The van der Waals surface area contributed by atoms with Gasteiger partial charge in [-0.2, -0.15) is 0 Å². The molecule has 3 rings (SSSR count). The zero-order valence-corrected chi connectivity index (χ0v) is 15.7. The number of ether oxygens (including phenoxy) is 2. The Balaban J connectivity index is 0.00000243. The maximum atomic E-state index is 12.2. The summed E-state index contributed by atoms with van der Waals surface area (Å²) < 4.78 is 11.2. The molecule has 0 bridgehead atoms. The molecule has 1 amide bonds. The number of aryl methyl sites for hydroxylation is 1. The third-order valence-electron chi connectivity index (χ3n) is 4.04. The van der Waals surface area contributed by atoms with Gasteiger partial charge in [0.25, 0.3) is 0 Å². The number of rotatable bonds is 6. The summed E-state index contributed by atoms with van der Waals surface area (Å²) >= 11 is 0. The normalized spacial score (nSPS) is 16.4. The Morgan fingerprint density at radius 2 is 2.12 bits per heavy atom. The number of hydrogen-bond acceptors (Lipinski definition) is 4. The third kappa shape index (κ3) is 6.33. The molecular weight excluding hydrogens is 352 g/mol. The molecule has 1 atom stereocenters. The van der Waals surface area contributed by atoms with E-state index in [1.54, 1.807) is 0 Å². The van der Waals surface area contributed by atoms with Crippen LogP contribution in [0.15, 0.2) is 48.5 Å². The largest absolute Gasteiger partial charge is 0.489 e. The second-order valence-electron chi connectivity index (χ2n) is 6.28. The van der Waals surface area contributed by atoms with Gasteiger partial charge in [-0.05, 0) is 24.6 Å². The molecule has 5 nitrogen and oxygen atoms in total. The minimum atomic E-state index is -0.0289. The van der Waals surface area contributed by atoms with Crippen LogP contribution in [-0.4, -0.2) is 31.7 Å². The summed E-state index contributed by atoms with van der Waals surface area (Å²) in [5.74, 6) is 0.706. The molecule has 26 heavy (non-hydrogen) atoms. The summed E-state index contributed by atoms with van der Waals surface area (Å²) in [6.07, 6.45) is 0.397. The van der Waals surface area contributed by atoms with Crippen LogP contribution in [0.1, 0.15) is 17.5 Å². The first kappa shape index (κ1) is 20.2. The molecule has 2 aromatic rings. The molecule has 1 aliphatic rings. The molecule has 1 aliphatic heterocycles. The average Bonchev–Trinajstić information content (AvgIpc) is 2.61. The Hall–Kier alpha value is -2.08. The van der Waals surface area contributed by atoms with E-state index in [1.807, 2.05) is 36.4 Å². The summed E-state index contributed by atoms with van der Waals surface area (Å²) in [6.45, 7) is 4.64. The lowest BCUT2D eigenvalue weighted by atomic mass is 10.1. The van der Waals surface area contributed by atoms with E-state index in [-0.39, 0.29) is 24.4 Å². The van der Waals surface area contributed by atoms with Gasteiger partial charge < -0.3 is 20.1 Å². The highest BCUT2D eigenvalue weighted by atomic mass is 35.5. The number of carbonyl (C=O) groups is 1. The van der Waals surface area contributed by atoms with Crippen molar-refractivity contribution in [2.45, 2.75) is 26.0 Å². The Labute approximate surface area is 160 Å². The van der Waals surface area contributed by atoms with Crippen LogP contribution in [-0.2, 0) is 16.1 Å². The molecule has 0 spiro atoms. The first-order valence-corrected chi connectivity index (χ1v) is 8.58. The maximum absolute atomic E-state index is 12.2. The molecule has 0 saturated carbocycles. The van der Waals surface area contributed by atoms with Crippen molar-refractivity contribution in [3.63, 3.8) is 0 Å². The van der Waals surface area contributed by atoms with E-state index in [4.69, 9.17) is 9.47 Å². The van der Waals surface area contributed by atoms with Crippen molar-refractivity contribution in [3.05, 3.63) is 59.7 Å². The van der Waals surface area contributed by atoms with Gasteiger partial charge in [-0.1, -0.05) is 35.9 Å². The van der Waals surface area contributed by atoms with Gasteiger partial charge in [-0.25, -0.2) is 0 Å². The molecule has 0 radical (unpaired) electrons. The lowest BCUT2D eigenvalue weighted by molar-refractivity contribution is -0.117. The fraction of sp³-hybridized carbons (Fsp3) is 0.350. The van der Waals surface area contributed by atoms with E-state index in [1.165, 1.54) is 5.56 Å². The van der Waals surface area contributed by atoms with Gasteiger partial charge in [0.05, 0.1) is 13.2 Å².